The van der Waals surface area contributed by atoms with E-state index in [1.54, 1.807) is 0 Å². The summed E-state index contributed by atoms with van der Waals surface area (Å²) in [4.78, 5) is 2.68. The van der Waals surface area contributed by atoms with Crippen LogP contribution in [-0.2, 0) is 0 Å². The number of unbranched alkanes of at least 4 members (excludes halogenated alkanes) is 6. The minimum Gasteiger partial charge on any atom is -0.303 e. The fourth-order valence-corrected chi connectivity index (χ4v) is 2.74. The fraction of sp³-hybridized carbons (Fsp3) is 1.00. The molecule has 0 aromatic rings. The first kappa shape index (κ1) is 14.0. The smallest absolute Gasteiger partial charge is 0.00100 e. The molecule has 0 amide bonds. The summed E-state index contributed by atoms with van der Waals surface area (Å²) in [5.41, 5.74) is 0. The first-order valence-electron chi connectivity index (χ1n) is 7.59. The Balaban J connectivity index is 1.84. The summed E-state index contributed by atoms with van der Waals surface area (Å²) >= 11 is 0. The van der Waals surface area contributed by atoms with Gasteiger partial charge in [-0.1, -0.05) is 58.8 Å². The third kappa shape index (κ3) is 5.89. The quantitative estimate of drug-likeness (QED) is 0.523. The molecule has 16 heavy (non-hydrogen) atoms. The summed E-state index contributed by atoms with van der Waals surface area (Å²) in [6.45, 7) is 8.74. The molecule has 1 heteroatoms. The van der Waals surface area contributed by atoms with Crippen molar-refractivity contribution in [2.45, 2.75) is 71.6 Å². The maximum absolute atomic E-state index is 2.68. The molecule has 0 aliphatic carbocycles. The van der Waals surface area contributed by atoms with Gasteiger partial charge in [0.05, 0.1) is 0 Å². The third-order valence-electron chi connectivity index (χ3n) is 4.03. The van der Waals surface area contributed by atoms with Crippen molar-refractivity contribution in [3.63, 3.8) is 0 Å². The number of hydrogen-bond acceptors (Lipinski definition) is 1. The van der Waals surface area contributed by atoms with Gasteiger partial charge in [0.2, 0.25) is 0 Å². The van der Waals surface area contributed by atoms with Crippen LogP contribution in [0.3, 0.4) is 0 Å². The fourth-order valence-electron chi connectivity index (χ4n) is 2.74. The maximum Gasteiger partial charge on any atom is 0.00100 e. The molecule has 0 N–H and O–H groups in total. The molecule has 1 unspecified atom stereocenters. The van der Waals surface area contributed by atoms with E-state index in [2.05, 4.69) is 18.7 Å². The van der Waals surface area contributed by atoms with E-state index in [1.165, 1.54) is 77.4 Å². The van der Waals surface area contributed by atoms with E-state index in [0.29, 0.717) is 0 Å². The lowest BCUT2D eigenvalue weighted by Gasteiger charge is -2.15. The Morgan fingerprint density at radius 3 is 2.25 bits per heavy atom. The summed E-state index contributed by atoms with van der Waals surface area (Å²) in [6, 6.07) is 0. The van der Waals surface area contributed by atoms with E-state index >= 15 is 0 Å². The summed E-state index contributed by atoms with van der Waals surface area (Å²) < 4.78 is 0. The highest BCUT2D eigenvalue weighted by Crippen LogP contribution is 2.19. The molecular formula is C15H31N. The van der Waals surface area contributed by atoms with Gasteiger partial charge >= 0.3 is 0 Å². The molecule has 0 aromatic heterocycles. The second-order valence-corrected chi connectivity index (χ2v) is 5.48. The minimum absolute atomic E-state index is 1.00. The minimum atomic E-state index is 1.00. The average Bonchev–Trinajstić information content (AvgIpc) is 2.76. The Labute approximate surface area is 103 Å². The van der Waals surface area contributed by atoms with Crippen molar-refractivity contribution in [3.05, 3.63) is 0 Å². The molecule has 0 radical (unpaired) electrons. The molecular weight excluding hydrogens is 194 g/mol. The van der Waals surface area contributed by atoms with Crippen LogP contribution in [0.4, 0.5) is 0 Å². The normalized spacial score (nSPS) is 21.8. The van der Waals surface area contributed by atoms with Crippen molar-refractivity contribution in [2.75, 3.05) is 19.6 Å². The van der Waals surface area contributed by atoms with Gasteiger partial charge in [0, 0.05) is 6.54 Å². The van der Waals surface area contributed by atoms with Crippen LogP contribution in [0, 0.1) is 5.92 Å². The van der Waals surface area contributed by atoms with Crippen LogP contribution in [0.2, 0.25) is 0 Å². The molecule has 96 valence electrons. The second-order valence-electron chi connectivity index (χ2n) is 5.48. The first-order valence-corrected chi connectivity index (χ1v) is 7.59. The standard InChI is InChI=1S/C15H31N/c1-3-5-6-7-8-9-10-12-16-13-11-15(4-2)14-16/h15H,3-14H2,1-2H3. The molecule has 1 nitrogen and oxygen atoms in total. The molecule has 1 saturated heterocycles. The van der Waals surface area contributed by atoms with Gasteiger partial charge in [-0.2, -0.15) is 0 Å². The van der Waals surface area contributed by atoms with Crippen molar-refractivity contribution in [1.82, 2.24) is 4.90 Å². The zero-order chi connectivity index (χ0) is 11.6. The highest BCUT2D eigenvalue weighted by Gasteiger charge is 2.19. The molecule has 1 rings (SSSR count). The summed E-state index contributed by atoms with van der Waals surface area (Å²) in [5.74, 6) is 1.00. The Morgan fingerprint density at radius 1 is 0.938 bits per heavy atom. The highest BCUT2D eigenvalue weighted by molar-refractivity contribution is 4.74. The van der Waals surface area contributed by atoms with Crippen LogP contribution in [-0.4, -0.2) is 24.5 Å². The van der Waals surface area contributed by atoms with Gasteiger partial charge < -0.3 is 4.90 Å². The van der Waals surface area contributed by atoms with E-state index in [1.807, 2.05) is 0 Å². The van der Waals surface area contributed by atoms with E-state index in [0.717, 1.165) is 5.92 Å². The Bertz CT molecular complexity index is 156. The zero-order valence-corrected chi connectivity index (χ0v) is 11.5. The monoisotopic (exact) mass is 225 g/mol. The Hall–Kier alpha value is -0.0400. The third-order valence-corrected chi connectivity index (χ3v) is 4.03. The van der Waals surface area contributed by atoms with Crippen molar-refractivity contribution < 1.29 is 0 Å². The van der Waals surface area contributed by atoms with Crippen LogP contribution in [0.15, 0.2) is 0 Å². The predicted octanol–water partition coefficient (Wildman–Crippen LogP) is 4.47. The summed E-state index contributed by atoms with van der Waals surface area (Å²) in [7, 11) is 0. The van der Waals surface area contributed by atoms with Gasteiger partial charge in [-0.3, -0.25) is 0 Å². The van der Waals surface area contributed by atoms with Gasteiger partial charge in [0.1, 0.15) is 0 Å². The molecule has 0 aromatic carbocycles. The largest absolute Gasteiger partial charge is 0.303 e. The van der Waals surface area contributed by atoms with E-state index in [9.17, 15) is 0 Å². The van der Waals surface area contributed by atoms with Gasteiger partial charge in [0.25, 0.3) is 0 Å². The van der Waals surface area contributed by atoms with Crippen LogP contribution < -0.4 is 0 Å². The molecule has 1 aliphatic heterocycles. The van der Waals surface area contributed by atoms with E-state index in [-0.39, 0.29) is 0 Å². The number of nitrogens with zero attached hydrogens (tertiary/aromatic N) is 1. The molecule has 1 atom stereocenters. The Kier molecular flexibility index (Phi) is 7.92. The number of likely N-dealkylation sites (tertiary alicyclic amines) is 1. The van der Waals surface area contributed by atoms with E-state index in [4.69, 9.17) is 0 Å². The zero-order valence-electron chi connectivity index (χ0n) is 11.5. The van der Waals surface area contributed by atoms with Crippen molar-refractivity contribution in [2.24, 2.45) is 5.92 Å². The predicted molar refractivity (Wildman–Crippen MR) is 72.8 cm³/mol. The average molecular weight is 225 g/mol. The van der Waals surface area contributed by atoms with Crippen LogP contribution >= 0.6 is 0 Å². The van der Waals surface area contributed by atoms with Gasteiger partial charge in [-0.05, 0) is 31.8 Å². The highest BCUT2D eigenvalue weighted by atomic mass is 15.1. The molecule has 0 spiro atoms. The topological polar surface area (TPSA) is 3.24 Å². The molecule has 0 saturated carbocycles. The van der Waals surface area contributed by atoms with Crippen molar-refractivity contribution >= 4 is 0 Å². The maximum atomic E-state index is 2.68. The molecule has 1 fully saturated rings. The van der Waals surface area contributed by atoms with Gasteiger partial charge in [0.15, 0.2) is 0 Å². The molecule has 1 heterocycles. The number of rotatable bonds is 9. The molecule has 1 aliphatic rings. The summed E-state index contributed by atoms with van der Waals surface area (Å²) in [5, 5.41) is 0. The van der Waals surface area contributed by atoms with Crippen LogP contribution in [0.1, 0.15) is 71.6 Å². The lowest BCUT2D eigenvalue weighted by molar-refractivity contribution is 0.313. The van der Waals surface area contributed by atoms with Crippen molar-refractivity contribution in [1.29, 1.82) is 0 Å². The van der Waals surface area contributed by atoms with Crippen LogP contribution in [0.25, 0.3) is 0 Å². The van der Waals surface area contributed by atoms with Gasteiger partial charge in [-0.25, -0.2) is 0 Å². The van der Waals surface area contributed by atoms with Crippen molar-refractivity contribution in [3.8, 4) is 0 Å². The second kappa shape index (κ2) is 9.04. The lowest BCUT2D eigenvalue weighted by Crippen LogP contribution is -2.21. The van der Waals surface area contributed by atoms with Gasteiger partial charge in [-0.15, -0.1) is 0 Å². The Morgan fingerprint density at radius 2 is 1.62 bits per heavy atom. The molecule has 0 bridgehead atoms. The SMILES string of the molecule is CCCCCCCCCN1CCC(CC)C1. The lowest BCUT2D eigenvalue weighted by atomic mass is 10.1. The first-order chi connectivity index (χ1) is 7.86. The van der Waals surface area contributed by atoms with Crippen LogP contribution in [0.5, 0.6) is 0 Å². The van der Waals surface area contributed by atoms with E-state index < -0.39 is 0 Å². The number of hydrogen-bond donors (Lipinski definition) is 0. The summed E-state index contributed by atoms with van der Waals surface area (Å²) in [6.07, 6.45) is 12.9.